The van der Waals surface area contributed by atoms with Crippen LogP contribution in [-0.2, 0) is 16.1 Å². The molecule has 6 nitrogen and oxygen atoms in total. The van der Waals surface area contributed by atoms with Crippen LogP contribution < -0.4 is 9.64 Å². The largest absolute Gasteiger partial charge is 0.487 e. The molecule has 0 atom stereocenters. The summed E-state index contributed by atoms with van der Waals surface area (Å²) in [5.41, 5.74) is 1.87. The summed E-state index contributed by atoms with van der Waals surface area (Å²) in [5.74, 6) is 0.0677. The minimum atomic E-state index is -0.703. The van der Waals surface area contributed by atoms with Crippen molar-refractivity contribution in [2.45, 2.75) is 46.8 Å². The Kier molecular flexibility index (Phi) is 6.06. The van der Waals surface area contributed by atoms with Crippen LogP contribution >= 0.6 is 0 Å². The van der Waals surface area contributed by atoms with Crippen molar-refractivity contribution in [1.29, 1.82) is 0 Å². The molecule has 0 aliphatic rings. The van der Waals surface area contributed by atoms with Gasteiger partial charge in [-0.1, -0.05) is 0 Å². The van der Waals surface area contributed by atoms with Gasteiger partial charge in [-0.25, -0.2) is 13.8 Å². The maximum atomic E-state index is 13.9. The van der Waals surface area contributed by atoms with E-state index in [0.29, 0.717) is 17.0 Å². The molecule has 0 saturated heterocycles. The molecule has 1 amide bonds. The number of ether oxygens (including phenoxy) is 2. The van der Waals surface area contributed by atoms with Crippen molar-refractivity contribution in [2.75, 3.05) is 11.9 Å². The van der Waals surface area contributed by atoms with E-state index in [9.17, 15) is 14.0 Å². The lowest BCUT2D eigenvalue weighted by atomic mass is 10.1. The summed E-state index contributed by atoms with van der Waals surface area (Å²) in [6.07, 6.45) is -0.590. The quantitative estimate of drug-likeness (QED) is 0.558. The zero-order valence-corrected chi connectivity index (χ0v) is 18.7. The van der Waals surface area contributed by atoms with E-state index in [2.05, 4.69) is 0 Å². The van der Waals surface area contributed by atoms with Gasteiger partial charge in [0.2, 0.25) is 5.91 Å². The molecule has 7 heteroatoms. The summed E-state index contributed by atoms with van der Waals surface area (Å²) in [7, 11) is 1.69. The fourth-order valence-electron chi connectivity index (χ4n) is 3.26. The molecule has 3 rings (SSSR count). The van der Waals surface area contributed by atoms with Gasteiger partial charge in [0.1, 0.15) is 23.8 Å². The molecule has 1 aromatic heterocycles. The highest BCUT2D eigenvalue weighted by molar-refractivity contribution is 5.93. The first-order chi connectivity index (χ1) is 14.5. The molecule has 0 fully saturated rings. The number of carbonyl (C=O) groups excluding carboxylic acids is 2. The molecule has 0 spiro atoms. The van der Waals surface area contributed by atoms with E-state index < -0.39 is 17.5 Å². The molecular formula is C24H27FN2O4. The number of hydrogen-bond acceptors (Lipinski definition) is 4. The van der Waals surface area contributed by atoms with E-state index in [1.807, 2.05) is 6.92 Å². The number of halogens is 1. The van der Waals surface area contributed by atoms with Gasteiger partial charge < -0.3 is 14.4 Å². The molecule has 1 heterocycles. The average molecular weight is 426 g/mol. The molecule has 0 radical (unpaired) electrons. The summed E-state index contributed by atoms with van der Waals surface area (Å²) in [4.78, 5) is 26.0. The van der Waals surface area contributed by atoms with Gasteiger partial charge in [-0.15, -0.1) is 0 Å². The minimum Gasteiger partial charge on any atom is -0.487 e. The Morgan fingerprint density at radius 2 is 1.74 bits per heavy atom. The number of anilines is 1. The van der Waals surface area contributed by atoms with Crippen molar-refractivity contribution in [2.24, 2.45) is 0 Å². The normalized spacial score (nSPS) is 11.5. The van der Waals surface area contributed by atoms with Crippen LogP contribution in [0.4, 0.5) is 14.9 Å². The Labute approximate surface area is 181 Å². The summed E-state index contributed by atoms with van der Waals surface area (Å²) in [6.45, 7) is 8.78. The topological polar surface area (TPSA) is 60.8 Å². The van der Waals surface area contributed by atoms with E-state index in [4.69, 9.17) is 9.47 Å². The first-order valence-electron chi connectivity index (χ1n) is 9.98. The van der Waals surface area contributed by atoms with Crippen molar-refractivity contribution in [3.05, 3.63) is 59.5 Å². The number of aromatic nitrogens is 1. The van der Waals surface area contributed by atoms with E-state index in [1.165, 1.54) is 28.5 Å². The highest BCUT2D eigenvalue weighted by atomic mass is 19.1. The Morgan fingerprint density at radius 3 is 2.32 bits per heavy atom. The number of nitrogens with zero attached hydrogens (tertiary/aromatic N) is 2. The minimum absolute atomic E-state index is 0.0709. The third-order valence-electron chi connectivity index (χ3n) is 4.96. The second kappa shape index (κ2) is 8.41. The summed E-state index contributed by atoms with van der Waals surface area (Å²) < 4.78 is 26.8. The fourth-order valence-corrected chi connectivity index (χ4v) is 3.26. The van der Waals surface area contributed by atoms with Gasteiger partial charge >= 0.3 is 6.09 Å². The third-order valence-corrected chi connectivity index (χ3v) is 4.96. The van der Waals surface area contributed by atoms with E-state index >= 15 is 0 Å². The van der Waals surface area contributed by atoms with Crippen molar-refractivity contribution < 1.29 is 23.5 Å². The van der Waals surface area contributed by atoms with Crippen LogP contribution in [0.3, 0.4) is 0 Å². The van der Waals surface area contributed by atoms with Crippen molar-refractivity contribution in [3.8, 4) is 5.75 Å². The standard InChI is InChI=1S/C24H27FN2O4/c1-15-20-12-7-17(25)13-21(20)27(23(29)31-24(3,4)5)22(15)14-30-19-10-8-18(9-11-19)26(6)16(2)28/h7-13H,14H2,1-6H3. The molecule has 0 N–H and O–H groups in total. The maximum absolute atomic E-state index is 13.9. The smallest absolute Gasteiger partial charge is 0.419 e. The zero-order chi connectivity index (χ0) is 22.9. The Morgan fingerprint density at radius 1 is 1.10 bits per heavy atom. The molecular weight excluding hydrogens is 399 g/mol. The van der Waals surface area contributed by atoms with Crippen LogP contribution in [0.15, 0.2) is 42.5 Å². The molecule has 3 aromatic rings. The predicted octanol–water partition coefficient (Wildman–Crippen LogP) is 5.43. The van der Waals surface area contributed by atoms with Crippen LogP contribution in [0, 0.1) is 12.7 Å². The summed E-state index contributed by atoms with van der Waals surface area (Å²) >= 11 is 0. The highest BCUT2D eigenvalue weighted by Crippen LogP contribution is 2.29. The highest BCUT2D eigenvalue weighted by Gasteiger charge is 2.25. The first-order valence-corrected chi connectivity index (χ1v) is 9.98. The molecule has 0 saturated carbocycles. The predicted molar refractivity (Wildman–Crippen MR) is 118 cm³/mol. The SMILES string of the molecule is CC(=O)N(C)c1ccc(OCc2c(C)c3ccc(F)cc3n2C(=O)OC(C)(C)C)cc1. The number of fused-ring (bicyclic) bond motifs is 1. The molecule has 164 valence electrons. The van der Waals surface area contributed by atoms with Crippen molar-refractivity contribution >= 4 is 28.6 Å². The van der Waals surface area contributed by atoms with Gasteiger partial charge in [0.05, 0.1) is 11.2 Å². The van der Waals surface area contributed by atoms with E-state index in [-0.39, 0.29) is 12.5 Å². The van der Waals surface area contributed by atoms with Gasteiger partial charge in [0.15, 0.2) is 0 Å². The summed E-state index contributed by atoms with van der Waals surface area (Å²) in [5, 5.41) is 0.754. The second-order valence-corrected chi connectivity index (χ2v) is 8.41. The molecule has 0 unspecified atom stereocenters. The number of amides is 1. The Balaban J connectivity index is 1.94. The number of hydrogen-bond donors (Lipinski definition) is 0. The van der Waals surface area contributed by atoms with Crippen LogP contribution in [-0.4, -0.2) is 29.2 Å². The zero-order valence-electron chi connectivity index (χ0n) is 18.7. The Bertz CT molecular complexity index is 1130. The van der Waals surface area contributed by atoms with Crippen molar-refractivity contribution in [3.63, 3.8) is 0 Å². The van der Waals surface area contributed by atoms with Gasteiger partial charge in [-0.2, -0.15) is 0 Å². The first kappa shape index (κ1) is 22.3. The van der Waals surface area contributed by atoms with E-state index in [0.717, 1.165) is 16.6 Å². The van der Waals surface area contributed by atoms with Crippen molar-refractivity contribution in [1.82, 2.24) is 4.57 Å². The number of carbonyl (C=O) groups is 2. The van der Waals surface area contributed by atoms with Crippen LogP contribution in [0.1, 0.15) is 39.0 Å². The second-order valence-electron chi connectivity index (χ2n) is 8.41. The molecule has 31 heavy (non-hydrogen) atoms. The van der Waals surface area contributed by atoms with Crippen LogP contribution in [0.25, 0.3) is 10.9 Å². The maximum Gasteiger partial charge on any atom is 0.419 e. The van der Waals surface area contributed by atoms with Crippen LogP contribution in [0.2, 0.25) is 0 Å². The lowest BCUT2D eigenvalue weighted by Gasteiger charge is -2.21. The lowest BCUT2D eigenvalue weighted by molar-refractivity contribution is -0.116. The van der Waals surface area contributed by atoms with Gasteiger partial charge in [0, 0.05) is 25.0 Å². The lowest BCUT2D eigenvalue weighted by Crippen LogP contribution is -2.28. The monoisotopic (exact) mass is 426 g/mol. The molecule has 2 aromatic carbocycles. The van der Waals surface area contributed by atoms with Crippen LogP contribution in [0.5, 0.6) is 5.75 Å². The number of aryl methyl sites for hydroxylation is 1. The van der Waals surface area contributed by atoms with Gasteiger partial charge in [-0.3, -0.25) is 4.79 Å². The Hall–Kier alpha value is -3.35. The fraction of sp³-hybridized carbons (Fsp3) is 0.333. The number of rotatable bonds is 4. The molecule has 0 aliphatic heterocycles. The van der Waals surface area contributed by atoms with Gasteiger partial charge in [-0.05, 0) is 75.7 Å². The average Bonchev–Trinajstić information content (AvgIpc) is 2.96. The third kappa shape index (κ3) is 4.87. The van der Waals surface area contributed by atoms with Gasteiger partial charge in [0.25, 0.3) is 0 Å². The molecule has 0 bridgehead atoms. The molecule has 0 aliphatic carbocycles. The van der Waals surface area contributed by atoms with E-state index in [1.54, 1.807) is 58.2 Å². The summed E-state index contributed by atoms with van der Waals surface area (Å²) in [6, 6.07) is 11.4. The number of benzene rings is 2.